The van der Waals surface area contributed by atoms with Gasteiger partial charge in [0.15, 0.2) is 0 Å². The van der Waals surface area contributed by atoms with E-state index in [2.05, 4.69) is 5.32 Å². The Kier molecular flexibility index (Phi) is 10.6. The number of anilines is 1. The highest BCUT2D eigenvalue weighted by Crippen LogP contribution is 2.30. The molecule has 0 radical (unpaired) electrons. The van der Waals surface area contributed by atoms with Crippen molar-refractivity contribution in [3.63, 3.8) is 0 Å². The van der Waals surface area contributed by atoms with Crippen LogP contribution in [0.5, 0.6) is 0 Å². The summed E-state index contributed by atoms with van der Waals surface area (Å²) in [6.07, 6.45) is 4.29. The first kappa shape index (κ1) is 31.9. The van der Waals surface area contributed by atoms with E-state index < -0.39 is 28.5 Å². The molecule has 42 heavy (non-hydrogen) atoms. The van der Waals surface area contributed by atoms with E-state index in [0.717, 1.165) is 41.1 Å². The molecule has 1 fully saturated rings. The van der Waals surface area contributed by atoms with Crippen LogP contribution in [-0.4, -0.2) is 43.8 Å². The fraction of sp³-hybridized carbons (Fsp3) is 0.375. The van der Waals surface area contributed by atoms with Gasteiger partial charge in [0.2, 0.25) is 11.8 Å². The third-order valence-electron chi connectivity index (χ3n) is 7.67. The normalized spacial score (nSPS) is 14.4. The zero-order valence-corrected chi connectivity index (χ0v) is 26.5. The Morgan fingerprint density at radius 2 is 1.55 bits per heavy atom. The van der Waals surface area contributed by atoms with Crippen LogP contribution in [0.3, 0.4) is 0 Å². The zero-order chi connectivity index (χ0) is 30.4. The van der Waals surface area contributed by atoms with E-state index in [1.807, 2.05) is 13.8 Å². The minimum Gasteiger partial charge on any atom is -0.352 e. The van der Waals surface area contributed by atoms with E-state index in [4.69, 9.17) is 23.2 Å². The van der Waals surface area contributed by atoms with Crippen LogP contribution in [-0.2, 0) is 26.2 Å². The summed E-state index contributed by atoms with van der Waals surface area (Å²) in [6, 6.07) is 17.7. The molecule has 3 aromatic rings. The van der Waals surface area contributed by atoms with E-state index in [1.165, 1.54) is 17.0 Å². The Hall–Kier alpha value is -3.07. The van der Waals surface area contributed by atoms with Gasteiger partial charge >= 0.3 is 0 Å². The van der Waals surface area contributed by atoms with E-state index >= 15 is 0 Å². The van der Waals surface area contributed by atoms with Crippen LogP contribution in [0.2, 0.25) is 10.0 Å². The number of benzene rings is 3. The van der Waals surface area contributed by atoms with Crippen molar-refractivity contribution in [2.24, 2.45) is 0 Å². The van der Waals surface area contributed by atoms with E-state index in [0.29, 0.717) is 27.7 Å². The number of halogens is 2. The molecule has 4 rings (SSSR count). The van der Waals surface area contributed by atoms with Crippen molar-refractivity contribution in [2.75, 3.05) is 10.8 Å². The molecule has 1 aliphatic rings. The maximum atomic E-state index is 14.2. The minimum atomic E-state index is -4.16. The van der Waals surface area contributed by atoms with Gasteiger partial charge in [-0.1, -0.05) is 72.8 Å². The second-order valence-corrected chi connectivity index (χ2v) is 13.6. The summed E-state index contributed by atoms with van der Waals surface area (Å²) >= 11 is 12.3. The van der Waals surface area contributed by atoms with Gasteiger partial charge in [0.25, 0.3) is 10.0 Å². The molecular weight excluding hydrogens is 593 g/mol. The van der Waals surface area contributed by atoms with Crippen molar-refractivity contribution in [3.05, 3.63) is 93.5 Å². The van der Waals surface area contributed by atoms with Crippen LogP contribution >= 0.6 is 23.2 Å². The zero-order valence-electron chi connectivity index (χ0n) is 24.1. The van der Waals surface area contributed by atoms with Crippen LogP contribution in [0.4, 0.5) is 5.69 Å². The van der Waals surface area contributed by atoms with Crippen molar-refractivity contribution in [1.29, 1.82) is 0 Å². The number of sulfonamides is 1. The number of nitrogens with one attached hydrogen (secondary N) is 1. The first-order valence-electron chi connectivity index (χ1n) is 14.2. The number of carbonyl (C=O) groups excluding carboxylic acids is 2. The number of carbonyl (C=O) groups is 2. The molecular formula is C32H37Cl2N3O4S. The summed E-state index contributed by atoms with van der Waals surface area (Å²) < 4.78 is 29.2. The van der Waals surface area contributed by atoms with Crippen molar-refractivity contribution < 1.29 is 18.0 Å². The van der Waals surface area contributed by atoms with Crippen molar-refractivity contribution in [1.82, 2.24) is 10.2 Å². The molecule has 0 bridgehead atoms. The van der Waals surface area contributed by atoms with E-state index in [1.54, 1.807) is 61.5 Å². The molecule has 0 aromatic heterocycles. The molecule has 10 heteroatoms. The van der Waals surface area contributed by atoms with Crippen molar-refractivity contribution in [3.8, 4) is 0 Å². The summed E-state index contributed by atoms with van der Waals surface area (Å²) in [7, 11) is -4.16. The first-order chi connectivity index (χ1) is 20.0. The Morgan fingerprint density at radius 1 is 0.929 bits per heavy atom. The second kappa shape index (κ2) is 13.9. The average Bonchev–Trinajstić information content (AvgIpc) is 3.46. The number of hydrogen-bond donors (Lipinski definition) is 1. The maximum absolute atomic E-state index is 14.2. The SMILES string of the molecule is CCC(C(=O)NC1CCCC1)N(Cc1ccc(Cl)cc1)C(=O)CN(c1ccc(Cl)cc1C)S(=O)(=O)c1ccc(C)cc1. The average molecular weight is 631 g/mol. The van der Waals surface area contributed by atoms with Crippen LogP contribution in [0.1, 0.15) is 55.7 Å². The van der Waals surface area contributed by atoms with Crippen molar-refractivity contribution in [2.45, 2.75) is 76.4 Å². The lowest BCUT2D eigenvalue weighted by Crippen LogP contribution is -2.53. The molecule has 0 heterocycles. The quantitative estimate of drug-likeness (QED) is 0.256. The molecule has 1 aliphatic carbocycles. The number of rotatable bonds is 11. The molecule has 1 atom stereocenters. The molecule has 1 N–H and O–H groups in total. The highest BCUT2D eigenvalue weighted by atomic mass is 35.5. The fourth-order valence-electron chi connectivity index (χ4n) is 5.32. The lowest BCUT2D eigenvalue weighted by atomic mass is 10.1. The molecule has 2 amide bonds. The van der Waals surface area contributed by atoms with Gasteiger partial charge in [0, 0.05) is 22.6 Å². The summed E-state index contributed by atoms with van der Waals surface area (Å²) in [4.78, 5) is 29.3. The van der Waals surface area contributed by atoms with Gasteiger partial charge in [0.05, 0.1) is 10.6 Å². The van der Waals surface area contributed by atoms with Crippen LogP contribution in [0.25, 0.3) is 0 Å². The van der Waals surface area contributed by atoms with Crippen LogP contribution in [0.15, 0.2) is 71.6 Å². The van der Waals surface area contributed by atoms with E-state index in [-0.39, 0.29) is 23.4 Å². The third kappa shape index (κ3) is 7.65. The summed E-state index contributed by atoms with van der Waals surface area (Å²) in [5, 5.41) is 4.13. The van der Waals surface area contributed by atoms with Gasteiger partial charge in [-0.05, 0) is 86.7 Å². The van der Waals surface area contributed by atoms with Gasteiger partial charge in [-0.25, -0.2) is 8.42 Å². The molecule has 3 aromatic carbocycles. The lowest BCUT2D eigenvalue weighted by molar-refractivity contribution is -0.140. The van der Waals surface area contributed by atoms with Gasteiger partial charge in [0.1, 0.15) is 12.6 Å². The Morgan fingerprint density at radius 3 is 2.14 bits per heavy atom. The molecule has 0 saturated heterocycles. The predicted octanol–water partition coefficient (Wildman–Crippen LogP) is 6.67. The number of hydrogen-bond acceptors (Lipinski definition) is 4. The molecule has 1 saturated carbocycles. The second-order valence-electron chi connectivity index (χ2n) is 10.8. The first-order valence-corrected chi connectivity index (χ1v) is 16.4. The standard InChI is InChI=1S/C32H37Cl2N3O4S/c1-4-29(32(39)35-27-7-5-6-8-27)36(20-24-11-13-25(33)14-12-24)31(38)21-37(30-18-15-26(34)19-23(30)3)42(40,41)28-16-9-22(2)10-17-28/h9-19,27,29H,4-8,20-21H2,1-3H3,(H,35,39). The number of nitrogens with zero attached hydrogens (tertiary/aromatic N) is 2. The Bertz CT molecular complexity index is 1510. The molecule has 7 nitrogen and oxygen atoms in total. The van der Waals surface area contributed by atoms with Gasteiger partial charge in [-0.2, -0.15) is 0 Å². The number of aryl methyl sites for hydroxylation is 2. The predicted molar refractivity (Wildman–Crippen MR) is 168 cm³/mol. The van der Waals surface area contributed by atoms with Gasteiger partial charge < -0.3 is 10.2 Å². The maximum Gasteiger partial charge on any atom is 0.264 e. The minimum absolute atomic E-state index is 0.0607. The molecule has 0 aliphatic heterocycles. The third-order valence-corrected chi connectivity index (χ3v) is 9.93. The topological polar surface area (TPSA) is 86.8 Å². The summed E-state index contributed by atoms with van der Waals surface area (Å²) in [6.45, 7) is 5.09. The summed E-state index contributed by atoms with van der Waals surface area (Å²) in [5.74, 6) is -0.731. The largest absolute Gasteiger partial charge is 0.352 e. The monoisotopic (exact) mass is 629 g/mol. The molecule has 224 valence electrons. The molecule has 0 spiro atoms. The lowest BCUT2D eigenvalue weighted by Gasteiger charge is -2.34. The van der Waals surface area contributed by atoms with Gasteiger partial charge in [-0.15, -0.1) is 0 Å². The van der Waals surface area contributed by atoms with E-state index in [9.17, 15) is 18.0 Å². The van der Waals surface area contributed by atoms with Crippen molar-refractivity contribution >= 4 is 50.7 Å². The summed E-state index contributed by atoms with van der Waals surface area (Å²) in [5.41, 5.74) is 2.62. The highest BCUT2D eigenvalue weighted by Gasteiger charge is 2.35. The van der Waals surface area contributed by atoms with Crippen LogP contribution in [0, 0.1) is 13.8 Å². The number of amides is 2. The van der Waals surface area contributed by atoms with Gasteiger partial charge in [-0.3, -0.25) is 13.9 Å². The van der Waals surface area contributed by atoms with Crippen LogP contribution < -0.4 is 9.62 Å². The smallest absolute Gasteiger partial charge is 0.264 e. The Balaban J connectivity index is 1.73. The fourth-order valence-corrected chi connectivity index (χ4v) is 7.15. The highest BCUT2D eigenvalue weighted by molar-refractivity contribution is 7.92. The molecule has 1 unspecified atom stereocenters. The Labute approximate surface area is 258 Å².